The Morgan fingerprint density at radius 1 is 1.11 bits per heavy atom. The number of carbonyl (C=O) groups is 1. The molecule has 0 fully saturated rings. The van der Waals surface area contributed by atoms with E-state index in [2.05, 4.69) is 10.3 Å². The highest BCUT2D eigenvalue weighted by Gasteiger charge is 2.32. The number of anilines is 1. The average molecular weight is 385 g/mol. The number of aromatic nitrogens is 1. The van der Waals surface area contributed by atoms with Crippen LogP contribution in [-0.2, 0) is 13.0 Å². The van der Waals surface area contributed by atoms with Gasteiger partial charge in [0, 0.05) is 35.9 Å². The molecule has 2 aromatic carbocycles. The molecule has 0 saturated heterocycles. The van der Waals surface area contributed by atoms with Crippen LogP contribution in [0, 0.1) is 0 Å². The summed E-state index contributed by atoms with van der Waals surface area (Å²) in [5.41, 5.74) is 3.68. The first-order valence-electron chi connectivity index (χ1n) is 8.94. The van der Waals surface area contributed by atoms with Crippen LogP contribution in [0.5, 0.6) is 0 Å². The zero-order valence-electron chi connectivity index (χ0n) is 15.0. The van der Waals surface area contributed by atoms with Gasteiger partial charge < -0.3 is 5.32 Å². The summed E-state index contributed by atoms with van der Waals surface area (Å²) in [5.74, 6) is -0.254. The maximum Gasteiger partial charge on any atom is 0.401 e. The zero-order chi connectivity index (χ0) is 19.7. The molecule has 0 spiro atoms. The maximum atomic E-state index is 12.6. The smallest absolute Gasteiger partial charge is 0.322 e. The van der Waals surface area contributed by atoms with Crippen molar-refractivity contribution < 1.29 is 18.0 Å². The van der Waals surface area contributed by atoms with Crippen molar-refractivity contribution in [1.29, 1.82) is 0 Å². The van der Waals surface area contributed by atoms with Crippen molar-refractivity contribution in [2.75, 3.05) is 18.4 Å². The van der Waals surface area contributed by atoms with Gasteiger partial charge in [-0.25, -0.2) is 0 Å². The first kappa shape index (κ1) is 18.4. The Morgan fingerprint density at radius 2 is 1.96 bits per heavy atom. The van der Waals surface area contributed by atoms with E-state index in [1.54, 1.807) is 30.5 Å². The Hall–Kier alpha value is -2.93. The van der Waals surface area contributed by atoms with E-state index in [4.69, 9.17) is 0 Å². The highest BCUT2D eigenvalue weighted by Crippen LogP contribution is 2.25. The Morgan fingerprint density at radius 3 is 2.79 bits per heavy atom. The standard InChI is InChI=1S/C21H18F3N3O/c22-21(23,24)13-27-9-7-15-10-16(3-4-17(15)12-27)20(28)26-18-6-5-14-2-1-8-25-19(14)11-18/h1-6,8,10-11H,7,9,12-13H2,(H,26,28). The fourth-order valence-corrected chi connectivity index (χ4v) is 3.49. The molecular weight excluding hydrogens is 367 g/mol. The number of benzene rings is 2. The van der Waals surface area contributed by atoms with Gasteiger partial charge in [-0.05, 0) is 47.9 Å². The molecule has 1 aliphatic rings. The van der Waals surface area contributed by atoms with Gasteiger partial charge >= 0.3 is 6.18 Å². The fraction of sp³-hybridized carbons (Fsp3) is 0.238. The van der Waals surface area contributed by atoms with Crippen molar-refractivity contribution in [3.63, 3.8) is 0 Å². The Bertz CT molecular complexity index is 1030. The second kappa shape index (κ2) is 7.24. The molecule has 7 heteroatoms. The van der Waals surface area contributed by atoms with Crippen molar-refractivity contribution in [2.45, 2.75) is 19.1 Å². The molecule has 144 valence electrons. The van der Waals surface area contributed by atoms with Crippen LogP contribution >= 0.6 is 0 Å². The minimum atomic E-state index is -4.20. The van der Waals surface area contributed by atoms with E-state index in [0.717, 1.165) is 22.0 Å². The molecule has 1 amide bonds. The molecule has 0 bridgehead atoms. The third kappa shape index (κ3) is 4.14. The van der Waals surface area contributed by atoms with E-state index in [9.17, 15) is 18.0 Å². The number of pyridine rings is 1. The van der Waals surface area contributed by atoms with Crippen molar-refractivity contribution in [3.05, 3.63) is 71.4 Å². The van der Waals surface area contributed by atoms with Crippen molar-refractivity contribution in [2.24, 2.45) is 0 Å². The number of fused-ring (bicyclic) bond motifs is 2. The number of hydrogen-bond acceptors (Lipinski definition) is 3. The lowest BCUT2D eigenvalue weighted by atomic mass is 9.97. The number of carbonyl (C=O) groups excluding carboxylic acids is 1. The summed E-state index contributed by atoms with van der Waals surface area (Å²) in [6.07, 6.45) is -2.02. The van der Waals surface area contributed by atoms with E-state index in [-0.39, 0.29) is 12.5 Å². The summed E-state index contributed by atoms with van der Waals surface area (Å²) in [4.78, 5) is 18.3. The molecule has 1 aromatic heterocycles. The number of alkyl halides is 3. The molecule has 1 aliphatic heterocycles. The molecular formula is C21H18F3N3O. The molecule has 0 radical (unpaired) electrons. The summed E-state index contributed by atoms with van der Waals surface area (Å²) in [6, 6.07) is 14.5. The zero-order valence-corrected chi connectivity index (χ0v) is 15.0. The van der Waals surface area contributed by atoms with E-state index >= 15 is 0 Å². The molecule has 4 rings (SSSR count). The van der Waals surface area contributed by atoms with Gasteiger partial charge in [0.05, 0.1) is 12.1 Å². The molecule has 0 atom stereocenters. The molecule has 28 heavy (non-hydrogen) atoms. The minimum absolute atomic E-state index is 0.243. The summed E-state index contributed by atoms with van der Waals surface area (Å²) in [6.45, 7) is -0.342. The van der Waals surface area contributed by atoms with Crippen LogP contribution in [0.15, 0.2) is 54.7 Å². The number of halogens is 3. The molecule has 2 heterocycles. The van der Waals surface area contributed by atoms with Gasteiger partial charge in [0.1, 0.15) is 0 Å². The Balaban J connectivity index is 1.48. The SMILES string of the molecule is O=C(Nc1ccc2cccnc2c1)c1ccc2c(c1)CCN(CC(F)(F)F)C2. The lowest BCUT2D eigenvalue weighted by Crippen LogP contribution is -2.38. The van der Waals surface area contributed by atoms with Crippen molar-refractivity contribution in [1.82, 2.24) is 9.88 Å². The normalized spacial score (nSPS) is 14.7. The Labute approximate surface area is 160 Å². The molecule has 0 unspecified atom stereocenters. The van der Waals surface area contributed by atoms with Gasteiger partial charge in [-0.2, -0.15) is 13.2 Å². The van der Waals surface area contributed by atoms with Crippen LogP contribution in [0.1, 0.15) is 21.5 Å². The third-order valence-electron chi connectivity index (χ3n) is 4.83. The lowest BCUT2D eigenvalue weighted by molar-refractivity contribution is -0.147. The molecule has 0 aliphatic carbocycles. The van der Waals surface area contributed by atoms with E-state index < -0.39 is 12.7 Å². The maximum absolute atomic E-state index is 12.6. The van der Waals surface area contributed by atoms with Gasteiger partial charge in [-0.1, -0.05) is 18.2 Å². The van der Waals surface area contributed by atoms with Gasteiger partial charge in [-0.15, -0.1) is 0 Å². The monoisotopic (exact) mass is 385 g/mol. The second-order valence-electron chi connectivity index (χ2n) is 6.92. The largest absolute Gasteiger partial charge is 0.401 e. The van der Waals surface area contributed by atoms with Crippen molar-refractivity contribution >= 4 is 22.5 Å². The van der Waals surface area contributed by atoms with Crippen LogP contribution in [0.4, 0.5) is 18.9 Å². The van der Waals surface area contributed by atoms with Crippen LogP contribution in [0.25, 0.3) is 10.9 Å². The lowest BCUT2D eigenvalue weighted by Gasteiger charge is -2.29. The van der Waals surface area contributed by atoms with E-state index in [0.29, 0.717) is 24.2 Å². The average Bonchev–Trinajstić information content (AvgIpc) is 2.66. The minimum Gasteiger partial charge on any atom is -0.322 e. The predicted octanol–water partition coefficient (Wildman–Crippen LogP) is 4.41. The van der Waals surface area contributed by atoms with Crippen LogP contribution in [-0.4, -0.2) is 35.1 Å². The fourth-order valence-electron chi connectivity index (χ4n) is 3.49. The summed E-state index contributed by atoms with van der Waals surface area (Å²) >= 11 is 0. The van der Waals surface area contributed by atoms with Gasteiger partial charge in [0.25, 0.3) is 5.91 Å². The third-order valence-corrected chi connectivity index (χ3v) is 4.83. The predicted molar refractivity (Wildman–Crippen MR) is 101 cm³/mol. The quantitative estimate of drug-likeness (QED) is 0.727. The van der Waals surface area contributed by atoms with Crippen LogP contribution in [0.3, 0.4) is 0 Å². The number of rotatable bonds is 3. The molecule has 1 N–H and O–H groups in total. The highest BCUT2D eigenvalue weighted by atomic mass is 19.4. The first-order chi connectivity index (χ1) is 13.4. The molecule has 3 aromatic rings. The van der Waals surface area contributed by atoms with Gasteiger partial charge in [-0.3, -0.25) is 14.7 Å². The van der Waals surface area contributed by atoms with Gasteiger partial charge in [0.2, 0.25) is 0 Å². The van der Waals surface area contributed by atoms with E-state index in [1.807, 2.05) is 24.3 Å². The van der Waals surface area contributed by atoms with Gasteiger partial charge in [0.15, 0.2) is 0 Å². The number of nitrogens with zero attached hydrogens (tertiary/aromatic N) is 2. The van der Waals surface area contributed by atoms with E-state index in [1.165, 1.54) is 4.90 Å². The topological polar surface area (TPSA) is 45.2 Å². The molecule has 4 nitrogen and oxygen atoms in total. The van der Waals surface area contributed by atoms with Crippen molar-refractivity contribution in [3.8, 4) is 0 Å². The van der Waals surface area contributed by atoms with Crippen LogP contribution < -0.4 is 5.32 Å². The summed E-state index contributed by atoms with van der Waals surface area (Å²) in [5, 5.41) is 3.84. The highest BCUT2D eigenvalue weighted by molar-refractivity contribution is 6.05. The van der Waals surface area contributed by atoms with Crippen LogP contribution in [0.2, 0.25) is 0 Å². The first-order valence-corrected chi connectivity index (χ1v) is 8.94. The summed E-state index contributed by atoms with van der Waals surface area (Å²) in [7, 11) is 0. The number of hydrogen-bond donors (Lipinski definition) is 1. The Kier molecular flexibility index (Phi) is 4.77. The number of nitrogens with one attached hydrogen (secondary N) is 1. The number of amides is 1. The summed E-state index contributed by atoms with van der Waals surface area (Å²) < 4.78 is 37.8. The molecule has 0 saturated carbocycles. The second-order valence-corrected chi connectivity index (χ2v) is 6.92.